The van der Waals surface area contributed by atoms with Gasteiger partial charge in [-0.1, -0.05) is 13.3 Å². The minimum atomic E-state index is 0.798. The van der Waals surface area contributed by atoms with Crippen molar-refractivity contribution in [2.45, 2.75) is 33.6 Å². The lowest BCUT2D eigenvalue weighted by molar-refractivity contribution is -0.352. The van der Waals surface area contributed by atoms with E-state index in [2.05, 4.69) is 42.7 Å². The van der Waals surface area contributed by atoms with E-state index in [4.69, 9.17) is 0 Å². The van der Waals surface area contributed by atoms with E-state index in [1.54, 1.807) is 0 Å². The van der Waals surface area contributed by atoms with Crippen LogP contribution >= 0.6 is 0 Å². The van der Waals surface area contributed by atoms with Gasteiger partial charge in [0.25, 0.3) is 0 Å². The van der Waals surface area contributed by atoms with Gasteiger partial charge in [-0.15, -0.1) is 0 Å². The summed E-state index contributed by atoms with van der Waals surface area (Å²) in [4.78, 5) is 0. The Labute approximate surface area is 83.9 Å². The summed E-state index contributed by atoms with van der Waals surface area (Å²) in [6.07, 6.45) is 4.85. The SMILES string of the molecule is CCCCN1[Si][N+](C)=C(C)C=C1C. The molecule has 2 radical (unpaired) electrons. The highest BCUT2D eigenvalue weighted by Gasteiger charge is 2.23. The van der Waals surface area contributed by atoms with Crippen LogP contribution in [0.15, 0.2) is 11.8 Å². The zero-order valence-corrected chi connectivity index (χ0v) is 10.1. The molecular formula is C10H19N2Si+. The van der Waals surface area contributed by atoms with Crippen molar-refractivity contribution in [2.24, 2.45) is 0 Å². The van der Waals surface area contributed by atoms with Crippen molar-refractivity contribution < 1.29 is 4.24 Å². The summed E-state index contributed by atoms with van der Waals surface area (Å²) < 4.78 is 4.79. The lowest BCUT2D eigenvalue weighted by Gasteiger charge is -2.22. The molecular weight excluding hydrogens is 176 g/mol. The van der Waals surface area contributed by atoms with Gasteiger partial charge in [0.1, 0.15) is 7.05 Å². The molecule has 1 heterocycles. The summed E-state index contributed by atoms with van der Waals surface area (Å²) in [7, 11) is 2.96. The van der Waals surface area contributed by atoms with Crippen LogP contribution in [-0.4, -0.2) is 38.0 Å². The maximum Gasteiger partial charge on any atom is 0.644 e. The van der Waals surface area contributed by atoms with Crippen LogP contribution in [0.3, 0.4) is 0 Å². The quantitative estimate of drug-likeness (QED) is 0.621. The molecule has 0 saturated carbocycles. The lowest BCUT2D eigenvalue weighted by atomic mass is 10.3. The number of nitrogens with zero attached hydrogens (tertiary/aromatic N) is 2. The highest BCUT2D eigenvalue weighted by atomic mass is 28.2. The van der Waals surface area contributed by atoms with Gasteiger partial charge in [0.2, 0.25) is 0 Å². The van der Waals surface area contributed by atoms with E-state index in [-0.39, 0.29) is 0 Å². The molecule has 3 heteroatoms. The molecule has 0 spiro atoms. The molecule has 1 aliphatic heterocycles. The smallest absolute Gasteiger partial charge is 0.341 e. The highest BCUT2D eigenvalue weighted by Crippen LogP contribution is 2.08. The second kappa shape index (κ2) is 4.60. The first-order valence-corrected chi connectivity index (χ1v) is 5.84. The van der Waals surface area contributed by atoms with E-state index in [0.29, 0.717) is 0 Å². The second-order valence-electron chi connectivity index (χ2n) is 3.59. The van der Waals surface area contributed by atoms with Crippen molar-refractivity contribution in [3.05, 3.63) is 11.8 Å². The molecule has 0 aliphatic carbocycles. The van der Waals surface area contributed by atoms with E-state index < -0.39 is 0 Å². The molecule has 0 N–H and O–H groups in total. The van der Waals surface area contributed by atoms with E-state index in [1.165, 1.54) is 30.8 Å². The van der Waals surface area contributed by atoms with Gasteiger partial charge in [0.15, 0.2) is 5.71 Å². The molecule has 13 heavy (non-hydrogen) atoms. The first-order valence-electron chi connectivity index (χ1n) is 4.94. The Hall–Kier alpha value is -0.573. The highest BCUT2D eigenvalue weighted by molar-refractivity contribution is 6.25. The molecule has 0 unspecified atom stereocenters. The number of hydrogen-bond donors (Lipinski definition) is 0. The molecule has 2 nitrogen and oxygen atoms in total. The van der Waals surface area contributed by atoms with Gasteiger partial charge in [-0.2, -0.15) is 0 Å². The fourth-order valence-corrected chi connectivity index (χ4v) is 2.42. The Morgan fingerprint density at radius 1 is 1.46 bits per heavy atom. The topological polar surface area (TPSA) is 6.25 Å². The largest absolute Gasteiger partial charge is 0.644 e. The van der Waals surface area contributed by atoms with Gasteiger partial charge in [-0.3, -0.25) is 4.24 Å². The summed E-state index contributed by atoms with van der Waals surface area (Å²) in [6, 6.07) is 0. The van der Waals surface area contributed by atoms with Crippen LogP contribution in [0.5, 0.6) is 0 Å². The fraction of sp³-hybridized carbons (Fsp3) is 0.700. The molecule has 0 aromatic heterocycles. The maximum absolute atomic E-state index is 2.47. The summed E-state index contributed by atoms with van der Waals surface area (Å²) in [5.74, 6) is 0. The van der Waals surface area contributed by atoms with Crippen LogP contribution in [0.4, 0.5) is 0 Å². The zero-order chi connectivity index (χ0) is 9.84. The van der Waals surface area contributed by atoms with Crippen molar-refractivity contribution in [3.8, 4) is 0 Å². The third-order valence-electron chi connectivity index (χ3n) is 2.38. The predicted molar refractivity (Wildman–Crippen MR) is 58.0 cm³/mol. The second-order valence-corrected chi connectivity index (χ2v) is 5.00. The fourth-order valence-electron chi connectivity index (χ4n) is 1.36. The predicted octanol–water partition coefficient (Wildman–Crippen LogP) is 1.64. The standard InChI is InChI=1S/C10H19N2Si/c1-5-6-7-12-10(3)8-9(2)11(4)13-12/h8H,5-7H2,1-4H3/q+1. The Kier molecular flexibility index (Phi) is 3.72. The molecule has 1 aliphatic rings. The summed E-state index contributed by atoms with van der Waals surface area (Å²) >= 11 is 0. The van der Waals surface area contributed by atoms with Crippen LogP contribution in [0, 0.1) is 0 Å². The minimum Gasteiger partial charge on any atom is -0.341 e. The van der Waals surface area contributed by atoms with E-state index >= 15 is 0 Å². The molecule has 0 saturated heterocycles. The Morgan fingerprint density at radius 3 is 2.77 bits per heavy atom. The first kappa shape index (κ1) is 10.5. The van der Waals surface area contributed by atoms with Gasteiger partial charge in [0, 0.05) is 25.2 Å². The monoisotopic (exact) mass is 195 g/mol. The van der Waals surface area contributed by atoms with E-state index in [1.807, 2.05) is 0 Å². The molecule has 0 bridgehead atoms. The van der Waals surface area contributed by atoms with Crippen LogP contribution in [-0.2, 0) is 0 Å². The van der Waals surface area contributed by atoms with Gasteiger partial charge in [-0.25, -0.2) is 0 Å². The number of unbranched alkanes of at least 4 members (excludes halogenated alkanes) is 1. The molecule has 0 aromatic carbocycles. The third-order valence-corrected chi connectivity index (χ3v) is 3.85. The Bertz CT molecular complexity index is 243. The number of allylic oxidation sites excluding steroid dienone is 2. The molecule has 0 aromatic rings. The molecule has 0 fully saturated rings. The van der Waals surface area contributed by atoms with Crippen LogP contribution in [0.1, 0.15) is 33.6 Å². The summed E-state index contributed by atoms with van der Waals surface area (Å²) in [5.41, 5.74) is 2.80. The Morgan fingerprint density at radius 2 is 2.15 bits per heavy atom. The van der Waals surface area contributed by atoms with E-state index in [9.17, 15) is 0 Å². The van der Waals surface area contributed by atoms with Crippen molar-refractivity contribution in [2.75, 3.05) is 13.6 Å². The van der Waals surface area contributed by atoms with Crippen molar-refractivity contribution in [1.29, 1.82) is 0 Å². The van der Waals surface area contributed by atoms with E-state index in [0.717, 1.165) is 9.84 Å². The summed E-state index contributed by atoms with van der Waals surface area (Å²) in [5, 5.41) is 0. The van der Waals surface area contributed by atoms with Crippen LogP contribution < -0.4 is 0 Å². The van der Waals surface area contributed by atoms with Crippen molar-refractivity contribution in [1.82, 2.24) is 4.57 Å². The van der Waals surface area contributed by atoms with Crippen molar-refractivity contribution in [3.63, 3.8) is 0 Å². The average molecular weight is 195 g/mol. The minimum absolute atomic E-state index is 0.798. The van der Waals surface area contributed by atoms with Gasteiger partial charge in [0.05, 0.1) is 0 Å². The normalized spacial score (nSPS) is 17.8. The third kappa shape index (κ3) is 2.69. The maximum atomic E-state index is 2.47. The molecule has 1 rings (SSSR count). The number of rotatable bonds is 3. The molecule has 0 atom stereocenters. The van der Waals surface area contributed by atoms with Gasteiger partial charge < -0.3 is 4.57 Å². The van der Waals surface area contributed by atoms with Crippen molar-refractivity contribution >= 4 is 15.6 Å². The Balaban J connectivity index is 2.59. The summed E-state index contributed by atoms with van der Waals surface area (Å²) in [6.45, 7) is 7.83. The number of hydrogen-bond acceptors (Lipinski definition) is 1. The molecule has 72 valence electrons. The first-order chi connectivity index (χ1) is 6.15. The molecule has 0 amide bonds. The van der Waals surface area contributed by atoms with Crippen LogP contribution in [0.2, 0.25) is 0 Å². The average Bonchev–Trinajstić information content (AvgIpc) is 2.09. The zero-order valence-electron chi connectivity index (χ0n) is 9.09. The van der Waals surface area contributed by atoms with Gasteiger partial charge in [-0.05, 0) is 13.3 Å². The van der Waals surface area contributed by atoms with Crippen LogP contribution in [0.25, 0.3) is 0 Å². The lowest BCUT2D eigenvalue weighted by Crippen LogP contribution is -2.39. The van der Waals surface area contributed by atoms with Gasteiger partial charge >= 0.3 is 9.84 Å².